The van der Waals surface area contributed by atoms with Gasteiger partial charge in [0.1, 0.15) is 11.5 Å². The Hall–Kier alpha value is -2.95. The first-order valence-corrected chi connectivity index (χ1v) is 7.24. The van der Waals surface area contributed by atoms with E-state index in [0.717, 1.165) is 33.8 Å². The van der Waals surface area contributed by atoms with Crippen LogP contribution in [-0.2, 0) is 0 Å². The number of rotatable bonds is 4. The minimum Gasteiger partial charge on any atom is -0.497 e. The first-order valence-electron chi connectivity index (χ1n) is 7.24. The van der Waals surface area contributed by atoms with Gasteiger partial charge in [-0.25, -0.2) is 0 Å². The van der Waals surface area contributed by atoms with Crippen molar-refractivity contribution in [2.75, 3.05) is 19.5 Å². The number of anilines is 1. The number of fused-ring (bicyclic) bond motifs is 1. The summed E-state index contributed by atoms with van der Waals surface area (Å²) in [5.74, 6) is 1.35. The number of methoxy groups -OCH3 is 2. The number of carbonyl (C=O) groups excluding carboxylic acids is 1. The molecule has 0 radical (unpaired) electrons. The highest BCUT2D eigenvalue weighted by atomic mass is 16.5. The topological polar surface area (TPSA) is 63.3 Å². The highest BCUT2D eigenvalue weighted by Gasteiger charge is 2.16. The Bertz CT molecular complexity index is 851. The molecule has 0 aliphatic rings. The Labute approximate surface area is 134 Å². The minimum atomic E-state index is -0.149. The van der Waals surface area contributed by atoms with E-state index >= 15 is 0 Å². The lowest BCUT2D eigenvalue weighted by Gasteiger charge is -2.07. The van der Waals surface area contributed by atoms with E-state index in [1.54, 1.807) is 14.2 Å². The molecule has 23 heavy (non-hydrogen) atoms. The lowest BCUT2D eigenvalue weighted by molar-refractivity contribution is 0.102. The fourth-order valence-electron chi connectivity index (χ4n) is 2.60. The van der Waals surface area contributed by atoms with E-state index in [4.69, 9.17) is 9.47 Å². The summed E-state index contributed by atoms with van der Waals surface area (Å²) in [7, 11) is 3.23. The molecule has 3 aromatic rings. The van der Waals surface area contributed by atoms with Crippen LogP contribution in [0.3, 0.4) is 0 Å². The molecule has 0 aliphatic carbocycles. The number of aromatic nitrogens is 1. The molecule has 0 saturated carbocycles. The number of carbonyl (C=O) groups is 1. The fraction of sp³-hybridized carbons (Fsp3) is 0.167. The first kappa shape index (κ1) is 15.0. The Morgan fingerprint density at radius 2 is 1.65 bits per heavy atom. The predicted octanol–water partition coefficient (Wildman–Crippen LogP) is 3.75. The van der Waals surface area contributed by atoms with Gasteiger partial charge in [-0.15, -0.1) is 0 Å². The summed E-state index contributed by atoms with van der Waals surface area (Å²) < 4.78 is 10.3. The van der Waals surface area contributed by atoms with Crippen molar-refractivity contribution in [2.24, 2.45) is 0 Å². The molecule has 118 valence electrons. The fourth-order valence-corrected chi connectivity index (χ4v) is 2.60. The van der Waals surface area contributed by atoms with E-state index in [1.165, 1.54) is 0 Å². The van der Waals surface area contributed by atoms with Crippen molar-refractivity contribution in [3.05, 3.63) is 53.7 Å². The quantitative estimate of drug-likeness (QED) is 0.771. The molecule has 0 fully saturated rings. The Kier molecular flexibility index (Phi) is 3.93. The molecule has 1 amide bonds. The number of nitrogens with one attached hydrogen (secondary N) is 2. The van der Waals surface area contributed by atoms with Gasteiger partial charge >= 0.3 is 0 Å². The van der Waals surface area contributed by atoms with Gasteiger partial charge < -0.3 is 19.8 Å². The highest BCUT2D eigenvalue weighted by molar-refractivity contribution is 6.14. The van der Waals surface area contributed by atoms with Crippen molar-refractivity contribution < 1.29 is 14.3 Å². The number of hydrogen-bond acceptors (Lipinski definition) is 3. The largest absolute Gasteiger partial charge is 0.497 e. The summed E-state index contributed by atoms with van der Waals surface area (Å²) in [4.78, 5) is 15.9. The zero-order valence-electron chi connectivity index (χ0n) is 13.3. The van der Waals surface area contributed by atoms with Crippen molar-refractivity contribution in [3.8, 4) is 11.5 Å². The number of benzene rings is 2. The molecule has 0 unspecified atom stereocenters. The maximum Gasteiger partial charge on any atom is 0.258 e. The lowest BCUT2D eigenvalue weighted by atomic mass is 10.1. The van der Waals surface area contributed by atoms with Crippen LogP contribution in [0, 0.1) is 6.92 Å². The van der Waals surface area contributed by atoms with Gasteiger partial charge in [-0.3, -0.25) is 4.79 Å². The first-order chi connectivity index (χ1) is 11.1. The molecular formula is C18H18N2O3. The van der Waals surface area contributed by atoms with E-state index in [9.17, 15) is 4.79 Å². The van der Waals surface area contributed by atoms with Crippen LogP contribution in [0.2, 0.25) is 0 Å². The third-order valence-corrected chi connectivity index (χ3v) is 3.77. The second-order valence-corrected chi connectivity index (χ2v) is 5.22. The van der Waals surface area contributed by atoms with Gasteiger partial charge in [-0.2, -0.15) is 0 Å². The second-order valence-electron chi connectivity index (χ2n) is 5.22. The van der Waals surface area contributed by atoms with E-state index in [-0.39, 0.29) is 5.91 Å². The average molecular weight is 310 g/mol. The molecule has 0 atom stereocenters. The lowest BCUT2D eigenvalue weighted by Crippen LogP contribution is -2.12. The third kappa shape index (κ3) is 2.85. The summed E-state index contributed by atoms with van der Waals surface area (Å²) in [6.45, 7) is 1.88. The van der Waals surface area contributed by atoms with E-state index < -0.39 is 0 Å². The molecule has 5 nitrogen and oxygen atoms in total. The summed E-state index contributed by atoms with van der Waals surface area (Å²) in [5, 5.41) is 3.78. The highest BCUT2D eigenvalue weighted by Crippen LogP contribution is 2.27. The van der Waals surface area contributed by atoms with Crippen molar-refractivity contribution >= 4 is 22.5 Å². The normalized spacial score (nSPS) is 10.6. The molecule has 0 aliphatic heterocycles. The standard InChI is InChI=1S/C18H18N2O3/c1-11-17(15-9-8-14(23-3)10-16(15)19-11)18(21)20-12-4-6-13(22-2)7-5-12/h4-10,19H,1-3H3,(H,20,21). The van der Waals surface area contributed by atoms with E-state index in [1.807, 2.05) is 49.4 Å². The zero-order valence-corrected chi connectivity index (χ0v) is 13.3. The summed E-state index contributed by atoms with van der Waals surface area (Å²) >= 11 is 0. The number of aromatic amines is 1. The van der Waals surface area contributed by atoms with Crippen LogP contribution in [0.1, 0.15) is 16.1 Å². The minimum absolute atomic E-state index is 0.149. The van der Waals surface area contributed by atoms with Crippen LogP contribution >= 0.6 is 0 Å². The van der Waals surface area contributed by atoms with Gasteiger partial charge in [-0.05, 0) is 43.3 Å². The van der Waals surface area contributed by atoms with Gasteiger partial charge in [0.2, 0.25) is 0 Å². The Morgan fingerprint density at radius 3 is 2.30 bits per heavy atom. The molecule has 5 heteroatoms. The zero-order chi connectivity index (χ0) is 16.4. The molecule has 0 saturated heterocycles. The molecule has 3 rings (SSSR count). The Balaban J connectivity index is 1.92. The van der Waals surface area contributed by atoms with E-state index in [0.29, 0.717) is 5.56 Å². The van der Waals surface area contributed by atoms with Crippen molar-refractivity contribution in [3.63, 3.8) is 0 Å². The van der Waals surface area contributed by atoms with Crippen molar-refractivity contribution in [1.29, 1.82) is 0 Å². The number of aryl methyl sites for hydroxylation is 1. The monoisotopic (exact) mass is 310 g/mol. The third-order valence-electron chi connectivity index (χ3n) is 3.77. The molecule has 0 spiro atoms. The molecule has 2 N–H and O–H groups in total. The second kappa shape index (κ2) is 6.04. The molecule has 1 aromatic heterocycles. The van der Waals surface area contributed by atoms with Gasteiger partial charge in [-0.1, -0.05) is 0 Å². The average Bonchev–Trinajstić information content (AvgIpc) is 2.90. The number of amides is 1. The summed E-state index contributed by atoms with van der Waals surface area (Å²) in [6.07, 6.45) is 0. The van der Waals surface area contributed by atoms with Crippen LogP contribution in [0.5, 0.6) is 11.5 Å². The summed E-state index contributed by atoms with van der Waals surface area (Å²) in [5.41, 5.74) is 3.05. The SMILES string of the molecule is COc1ccc(NC(=O)c2c(C)[nH]c3cc(OC)ccc23)cc1. The van der Waals surface area contributed by atoms with Crippen LogP contribution < -0.4 is 14.8 Å². The molecule has 0 bridgehead atoms. The van der Waals surface area contributed by atoms with Gasteiger partial charge in [0.25, 0.3) is 5.91 Å². The maximum atomic E-state index is 12.6. The van der Waals surface area contributed by atoms with Crippen LogP contribution in [0.15, 0.2) is 42.5 Å². The van der Waals surface area contributed by atoms with Crippen LogP contribution in [0.25, 0.3) is 10.9 Å². The van der Waals surface area contributed by atoms with Crippen molar-refractivity contribution in [2.45, 2.75) is 6.92 Å². The molecule has 2 aromatic carbocycles. The Morgan fingerprint density at radius 1 is 1.00 bits per heavy atom. The molecule has 1 heterocycles. The number of ether oxygens (including phenoxy) is 2. The van der Waals surface area contributed by atoms with Crippen molar-refractivity contribution in [1.82, 2.24) is 4.98 Å². The van der Waals surface area contributed by atoms with Crippen LogP contribution in [-0.4, -0.2) is 25.1 Å². The number of H-pyrrole nitrogens is 1. The van der Waals surface area contributed by atoms with Gasteiger partial charge in [0, 0.05) is 22.8 Å². The molecular weight excluding hydrogens is 292 g/mol. The maximum absolute atomic E-state index is 12.6. The smallest absolute Gasteiger partial charge is 0.258 e. The number of hydrogen-bond donors (Lipinski definition) is 2. The van der Waals surface area contributed by atoms with Crippen LogP contribution in [0.4, 0.5) is 5.69 Å². The van der Waals surface area contributed by atoms with E-state index in [2.05, 4.69) is 10.3 Å². The predicted molar refractivity (Wildman–Crippen MR) is 90.5 cm³/mol. The van der Waals surface area contributed by atoms with Gasteiger partial charge in [0.05, 0.1) is 25.3 Å². The summed E-state index contributed by atoms with van der Waals surface area (Å²) in [6, 6.07) is 12.9. The van der Waals surface area contributed by atoms with Gasteiger partial charge in [0.15, 0.2) is 0 Å².